The predicted molar refractivity (Wildman–Crippen MR) is 42.6 cm³/mol. The third kappa shape index (κ3) is 2.35. The van der Waals surface area contributed by atoms with Crippen molar-refractivity contribution < 1.29 is 19.2 Å². The Morgan fingerprint density at radius 2 is 2.23 bits per heavy atom. The quantitative estimate of drug-likeness (QED) is 0.446. The van der Waals surface area contributed by atoms with E-state index in [9.17, 15) is 14.4 Å². The number of hydrogen-bond acceptors (Lipinski definition) is 5. The highest BCUT2D eigenvalue weighted by molar-refractivity contribution is 6.27. The number of Topliss-reactive ketones (excluding diaryl/α,β-unsaturated/α-hetero) is 1. The van der Waals surface area contributed by atoms with Gasteiger partial charge in [-0.25, -0.2) is 0 Å². The van der Waals surface area contributed by atoms with Gasteiger partial charge in [-0.1, -0.05) is 0 Å². The van der Waals surface area contributed by atoms with Crippen molar-refractivity contribution in [2.24, 2.45) is 0 Å². The molecule has 1 aliphatic rings. The molecule has 0 N–H and O–H groups in total. The first kappa shape index (κ1) is 9.85. The van der Waals surface area contributed by atoms with Gasteiger partial charge in [-0.05, 0) is 12.8 Å². The third-order valence-electron chi connectivity index (χ3n) is 1.89. The van der Waals surface area contributed by atoms with Gasteiger partial charge in [0.2, 0.25) is 5.78 Å². The standard InChI is InChI=1S/C8H11NO4/c1-6(11)13-9-4-2-3-7(9)8(12)5-10/h5,7H,2-4H2,1H3. The van der Waals surface area contributed by atoms with Crippen LogP contribution in [0.25, 0.3) is 0 Å². The van der Waals surface area contributed by atoms with Gasteiger partial charge in [-0.2, -0.15) is 0 Å². The minimum absolute atomic E-state index is 0.270. The van der Waals surface area contributed by atoms with E-state index in [0.717, 1.165) is 6.42 Å². The Bertz CT molecular complexity index is 238. The molecule has 0 bridgehead atoms. The van der Waals surface area contributed by atoms with Crippen LogP contribution in [0.4, 0.5) is 0 Å². The fraction of sp³-hybridized carbons (Fsp3) is 0.625. The summed E-state index contributed by atoms with van der Waals surface area (Å²) < 4.78 is 0. The molecule has 1 unspecified atom stereocenters. The van der Waals surface area contributed by atoms with Crippen LogP contribution in [-0.2, 0) is 19.2 Å². The van der Waals surface area contributed by atoms with Crippen molar-refractivity contribution in [3.63, 3.8) is 0 Å². The van der Waals surface area contributed by atoms with Crippen molar-refractivity contribution in [2.75, 3.05) is 6.54 Å². The zero-order valence-corrected chi connectivity index (χ0v) is 7.36. The molecular formula is C8H11NO4. The number of ketones is 1. The lowest BCUT2D eigenvalue weighted by molar-refractivity contribution is -0.192. The second-order valence-corrected chi connectivity index (χ2v) is 2.90. The molecule has 0 aromatic rings. The van der Waals surface area contributed by atoms with E-state index >= 15 is 0 Å². The first-order valence-electron chi connectivity index (χ1n) is 4.09. The van der Waals surface area contributed by atoms with Crippen LogP contribution in [0.3, 0.4) is 0 Å². The summed E-state index contributed by atoms with van der Waals surface area (Å²) in [5.74, 6) is -0.996. The Hall–Kier alpha value is -1.23. The molecule has 0 amide bonds. The molecule has 5 nitrogen and oxygen atoms in total. The molecule has 1 saturated heterocycles. The fourth-order valence-corrected chi connectivity index (χ4v) is 1.38. The first-order valence-corrected chi connectivity index (χ1v) is 4.09. The van der Waals surface area contributed by atoms with E-state index in [4.69, 9.17) is 4.84 Å². The van der Waals surface area contributed by atoms with Crippen LogP contribution >= 0.6 is 0 Å². The van der Waals surface area contributed by atoms with Gasteiger partial charge in [0, 0.05) is 13.5 Å². The van der Waals surface area contributed by atoms with Gasteiger partial charge in [0.25, 0.3) is 0 Å². The van der Waals surface area contributed by atoms with Gasteiger partial charge < -0.3 is 4.84 Å². The summed E-state index contributed by atoms with van der Waals surface area (Å²) >= 11 is 0. The number of carbonyl (C=O) groups excluding carboxylic acids is 3. The Morgan fingerprint density at radius 3 is 2.77 bits per heavy atom. The molecule has 0 spiro atoms. The monoisotopic (exact) mass is 185 g/mol. The molecule has 0 aromatic carbocycles. The van der Waals surface area contributed by atoms with E-state index < -0.39 is 17.8 Å². The van der Waals surface area contributed by atoms with Crippen LogP contribution in [-0.4, -0.2) is 35.7 Å². The maximum absolute atomic E-state index is 11.0. The highest BCUT2D eigenvalue weighted by Crippen LogP contribution is 2.17. The maximum Gasteiger partial charge on any atom is 0.322 e. The molecule has 1 atom stereocenters. The molecule has 13 heavy (non-hydrogen) atoms. The van der Waals surface area contributed by atoms with E-state index in [-0.39, 0.29) is 6.29 Å². The molecule has 0 radical (unpaired) electrons. The van der Waals surface area contributed by atoms with Crippen molar-refractivity contribution in [1.82, 2.24) is 5.06 Å². The lowest BCUT2D eigenvalue weighted by atomic mass is 10.1. The van der Waals surface area contributed by atoms with Crippen molar-refractivity contribution in [2.45, 2.75) is 25.8 Å². The molecule has 0 aliphatic carbocycles. The summed E-state index contributed by atoms with van der Waals surface area (Å²) in [5.41, 5.74) is 0. The average molecular weight is 185 g/mol. The highest BCUT2D eigenvalue weighted by Gasteiger charge is 2.32. The minimum Gasteiger partial charge on any atom is -0.368 e. The van der Waals surface area contributed by atoms with Crippen LogP contribution < -0.4 is 0 Å². The van der Waals surface area contributed by atoms with E-state index in [1.807, 2.05) is 0 Å². The number of hydroxylamine groups is 2. The van der Waals surface area contributed by atoms with Gasteiger partial charge in [-0.15, -0.1) is 5.06 Å². The zero-order chi connectivity index (χ0) is 9.84. The summed E-state index contributed by atoms with van der Waals surface area (Å²) in [6.45, 7) is 1.78. The van der Waals surface area contributed by atoms with Crippen molar-refractivity contribution >= 4 is 18.0 Å². The molecular weight excluding hydrogens is 174 g/mol. The SMILES string of the molecule is CC(=O)ON1CCCC1C(=O)C=O. The van der Waals surface area contributed by atoms with Crippen molar-refractivity contribution in [3.05, 3.63) is 0 Å². The summed E-state index contributed by atoms with van der Waals surface area (Å²) in [6, 6.07) is -0.568. The Morgan fingerprint density at radius 1 is 1.54 bits per heavy atom. The first-order chi connectivity index (χ1) is 6.15. The lowest BCUT2D eigenvalue weighted by Gasteiger charge is -2.19. The largest absolute Gasteiger partial charge is 0.368 e. The van der Waals surface area contributed by atoms with Gasteiger partial charge in [0.05, 0.1) is 0 Å². The summed E-state index contributed by atoms with van der Waals surface area (Å²) in [4.78, 5) is 36.6. The van der Waals surface area contributed by atoms with E-state index in [0.29, 0.717) is 13.0 Å². The minimum atomic E-state index is -0.568. The third-order valence-corrected chi connectivity index (χ3v) is 1.89. The van der Waals surface area contributed by atoms with E-state index in [1.54, 1.807) is 0 Å². The van der Waals surface area contributed by atoms with Gasteiger partial charge in [-0.3, -0.25) is 14.4 Å². The molecule has 1 rings (SSSR count). The number of hydrogen-bond donors (Lipinski definition) is 0. The Labute approximate surface area is 75.6 Å². The van der Waals surface area contributed by atoms with E-state index in [2.05, 4.69) is 0 Å². The van der Waals surface area contributed by atoms with Crippen molar-refractivity contribution in [1.29, 1.82) is 0 Å². The lowest BCUT2D eigenvalue weighted by Crippen LogP contribution is -2.37. The van der Waals surface area contributed by atoms with Crippen LogP contribution in [0, 0.1) is 0 Å². The van der Waals surface area contributed by atoms with Crippen molar-refractivity contribution in [3.8, 4) is 0 Å². The topological polar surface area (TPSA) is 63.7 Å². The smallest absolute Gasteiger partial charge is 0.322 e. The highest BCUT2D eigenvalue weighted by atomic mass is 16.7. The van der Waals surface area contributed by atoms with Gasteiger partial charge in [0.1, 0.15) is 6.04 Å². The molecule has 1 aliphatic heterocycles. The maximum atomic E-state index is 11.0. The second kappa shape index (κ2) is 4.13. The number of carbonyl (C=O) groups is 3. The molecule has 72 valence electrons. The Balaban J connectivity index is 2.58. The fourth-order valence-electron chi connectivity index (χ4n) is 1.38. The molecule has 5 heteroatoms. The molecule has 0 aromatic heterocycles. The van der Waals surface area contributed by atoms with Gasteiger partial charge in [0.15, 0.2) is 6.29 Å². The summed E-state index contributed by atoms with van der Waals surface area (Å²) in [7, 11) is 0. The van der Waals surface area contributed by atoms with Crippen LogP contribution in [0.5, 0.6) is 0 Å². The second-order valence-electron chi connectivity index (χ2n) is 2.90. The number of nitrogens with zero attached hydrogens (tertiary/aromatic N) is 1. The van der Waals surface area contributed by atoms with E-state index in [1.165, 1.54) is 12.0 Å². The van der Waals surface area contributed by atoms with Crippen LogP contribution in [0.15, 0.2) is 0 Å². The molecule has 1 heterocycles. The van der Waals surface area contributed by atoms with Crippen LogP contribution in [0.2, 0.25) is 0 Å². The molecule has 0 saturated carbocycles. The number of aldehydes is 1. The van der Waals surface area contributed by atoms with Gasteiger partial charge >= 0.3 is 5.97 Å². The number of rotatable bonds is 3. The average Bonchev–Trinajstić information content (AvgIpc) is 2.50. The Kier molecular flexibility index (Phi) is 3.13. The molecule has 1 fully saturated rings. The zero-order valence-electron chi connectivity index (χ0n) is 7.36. The predicted octanol–water partition coefficient (Wildman–Crippen LogP) is -0.303. The summed E-state index contributed by atoms with van der Waals surface area (Å²) in [6.07, 6.45) is 1.61. The summed E-state index contributed by atoms with van der Waals surface area (Å²) in [5, 5.41) is 1.28. The normalized spacial score (nSPS) is 22.7. The van der Waals surface area contributed by atoms with Crippen LogP contribution in [0.1, 0.15) is 19.8 Å².